The third-order valence-corrected chi connectivity index (χ3v) is 4.36. The molecule has 120 valence electrons. The van der Waals surface area contributed by atoms with Gasteiger partial charge < -0.3 is 4.90 Å². The summed E-state index contributed by atoms with van der Waals surface area (Å²) in [6, 6.07) is 14.4. The van der Waals surface area contributed by atoms with E-state index in [4.69, 9.17) is 0 Å². The molecule has 1 amide bonds. The van der Waals surface area contributed by atoms with Crippen LogP contribution in [0.2, 0.25) is 0 Å². The molecule has 0 unspecified atom stereocenters. The van der Waals surface area contributed by atoms with Gasteiger partial charge in [-0.1, -0.05) is 36.4 Å². The van der Waals surface area contributed by atoms with Crippen LogP contribution >= 0.6 is 0 Å². The first-order chi connectivity index (χ1) is 11.3. The van der Waals surface area contributed by atoms with E-state index in [2.05, 4.69) is 40.2 Å². The topological polar surface area (TPSA) is 36.4 Å². The van der Waals surface area contributed by atoms with Gasteiger partial charge in [0.05, 0.1) is 6.42 Å². The first-order valence-corrected chi connectivity index (χ1v) is 8.24. The molecule has 1 saturated heterocycles. The third kappa shape index (κ3) is 4.63. The molecule has 0 spiro atoms. The van der Waals surface area contributed by atoms with Crippen molar-refractivity contribution in [1.82, 2.24) is 14.8 Å². The van der Waals surface area contributed by atoms with Gasteiger partial charge in [-0.2, -0.15) is 0 Å². The molecule has 2 heterocycles. The van der Waals surface area contributed by atoms with Crippen LogP contribution in [0.25, 0.3) is 0 Å². The Morgan fingerprint density at radius 1 is 0.957 bits per heavy atom. The van der Waals surface area contributed by atoms with Gasteiger partial charge in [0.25, 0.3) is 0 Å². The van der Waals surface area contributed by atoms with E-state index in [1.807, 2.05) is 17.0 Å². The van der Waals surface area contributed by atoms with Crippen molar-refractivity contribution in [3.05, 3.63) is 66.0 Å². The summed E-state index contributed by atoms with van der Waals surface area (Å²) in [4.78, 5) is 20.8. The summed E-state index contributed by atoms with van der Waals surface area (Å²) in [5.41, 5.74) is 2.37. The molecule has 0 saturated carbocycles. The number of benzene rings is 1. The van der Waals surface area contributed by atoms with E-state index in [1.54, 1.807) is 12.4 Å². The normalized spacial score (nSPS) is 15.6. The number of piperazine rings is 1. The fourth-order valence-corrected chi connectivity index (χ4v) is 2.94. The lowest BCUT2D eigenvalue weighted by Gasteiger charge is -2.34. The van der Waals surface area contributed by atoms with E-state index in [0.717, 1.165) is 44.7 Å². The van der Waals surface area contributed by atoms with Crippen LogP contribution in [0.4, 0.5) is 0 Å². The SMILES string of the molecule is O=C(Cc1cccnc1)N1CCN(CCc2ccccc2)CC1. The number of carbonyl (C=O) groups is 1. The number of amides is 1. The Kier molecular flexibility index (Phi) is 5.37. The molecule has 23 heavy (non-hydrogen) atoms. The molecule has 1 aromatic carbocycles. The Labute approximate surface area is 137 Å². The van der Waals surface area contributed by atoms with Crippen LogP contribution in [0.1, 0.15) is 11.1 Å². The average Bonchev–Trinajstić information content (AvgIpc) is 2.62. The van der Waals surface area contributed by atoms with Crippen molar-refractivity contribution in [2.75, 3.05) is 32.7 Å². The number of nitrogens with zero attached hydrogens (tertiary/aromatic N) is 3. The summed E-state index contributed by atoms with van der Waals surface area (Å²) < 4.78 is 0. The van der Waals surface area contributed by atoms with E-state index in [1.165, 1.54) is 5.56 Å². The molecule has 0 aliphatic carbocycles. The Morgan fingerprint density at radius 2 is 1.70 bits per heavy atom. The maximum absolute atomic E-state index is 12.3. The van der Waals surface area contributed by atoms with Gasteiger partial charge in [-0.25, -0.2) is 0 Å². The van der Waals surface area contributed by atoms with Crippen LogP contribution in [0.5, 0.6) is 0 Å². The molecule has 1 aromatic heterocycles. The predicted octanol–water partition coefficient (Wildman–Crippen LogP) is 2.01. The van der Waals surface area contributed by atoms with E-state index < -0.39 is 0 Å². The molecule has 4 heteroatoms. The van der Waals surface area contributed by atoms with Crippen molar-refractivity contribution in [2.24, 2.45) is 0 Å². The standard InChI is InChI=1S/C19H23N3O/c23-19(15-18-7-4-9-20-16-18)22-13-11-21(12-14-22)10-8-17-5-2-1-3-6-17/h1-7,9,16H,8,10-15H2. The van der Waals surface area contributed by atoms with E-state index in [9.17, 15) is 4.79 Å². The zero-order valence-electron chi connectivity index (χ0n) is 13.4. The number of pyridine rings is 1. The fourth-order valence-electron chi connectivity index (χ4n) is 2.94. The summed E-state index contributed by atoms with van der Waals surface area (Å²) in [5, 5.41) is 0. The Morgan fingerprint density at radius 3 is 2.39 bits per heavy atom. The number of aromatic nitrogens is 1. The second kappa shape index (κ2) is 7.88. The van der Waals surface area contributed by atoms with Crippen molar-refractivity contribution in [2.45, 2.75) is 12.8 Å². The zero-order chi connectivity index (χ0) is 15.9. The van der Waals surface area contributed by atoms with E-state index >= 15 is 0 Å². The first-order valence-electron chi connectivity index (χ1n) is 8.24. The highest BCUT2D eigenvalue weighted by atomic mass is 16.2. The van der Waals surface area contributed by atoms with Crippen molar-refractivity contribution < 1.29 is 4.79 Å². The molecule has 0 atom stereocenters. The molecule has 0 radical (unpaired) electrons. The van der Waals surface area contributed by atoms with Crippen LogP contribution in [0.15, 0.2) is 54.9 Å². The van der Waals surface area contributed by atoms with Gasteiger partial charge in [-0.05, 0) is 23.6 Å². The lowest BCUT2D eigenvalue weighted by molar-refractivity contribution is -0.132. The minimum atomic E-state index is 0.209. The van der Waals surface area contributed by atoms with Crippen molar-refractivity contribution >= 4 is 5.91 Å². The van der Waals surface area contributed by atoms with Gasteiger partial charge in [0.2, 0.25) is 5.91 Å². The highest BCUT2D eigenvalue weighted by Gasteiger charge is 2.20. The molecule has 1 aliphatic heterocycles. The van der Waals surface area contributed by atoms with Gasteiger partial charge in [-0.3, -0.25) is 14.7 Å². The van der Waals surface area contributed by atoms with Gasteiger partial charge in [-0.15, -0.1) is 0 Å². The molecule has 0 bridgehead atoms. The second-order valence-corrected chi connectivity index (χ2v) is 6.00. The third-order valence-electron chi connectivity index (χ3n) is 4.36. The summed E-state index contributed by atoms with van der Waals surface area (Å²) >= 11 is 0. The maximum atomic E-state index is 12.3. The van der Waals surface area contributed by atoms with Crippen LogP contribution < -0.4 is 0 Å². The van der Waals surface area contributed by atoms with Gasteiger partial charge in [0, 0.05) is 45.1 Å². The molecule has 3 rings (SSSR count). The molecule has 1 aliphatic rings. The lowest BCUT2D eigenvalue weighted by Crippen LogP contribution is -2.49. The number of hydrogen-bond acceptors (Lipinski definition) is 3. The second-order valence-electron chi connectivity index (χ2n) is 6.00. The molecule has 0 N–H and O–H groups in total. The maximum Gasteiger partial charge on any atom is 0.227 e. The zero-order valence-corrected chi connectivity index (χ0v) is 13.4. The molecule has 2 aromatic rings. The summed E-state index contributed by atoms with van der Waals surface area (Å²) in [6.07, 6.45) is 5.04. The Balaban J connectivity index is 1.42. The van der Waals surface area contributed by atoms with Crippen molar-refractivity contribution in [3.8, 4) is 0 Å². The molecule has 1 fully saturated rings. The highest BCUT2D eigenvalue weighted by Crippen LogP contribution is 2.08. The minimum Gasteiger partial charge on any atom is -0.340 e. The fraction of sp³-hybridized carbons (Fsp3) is 0.368. The van der Waals surface area contributed by atoms with Crippen LogP contribution in [-0.2, 0) is 17.6 Å². The van der Waals surface area contributed by atoms with E-state index in [0.29, 0.717) is 6.42 Å². The van der Waals surface area contributed by atoms with Gasteiger partial charge in [0.15, 0.2) is 0 Å². The van der Waals surface area contributed by atoms with Crippen LogP contribution in [0.3, 0.4) is 0 Å². The Hall–Kier alpha value is -2.20. The molecular formula is C19H23N3O. The average molecular weight is 309 g/mol. The van der Waals surface area contributed by atoms with E-state index in [-0.39, 0.29) is 5.91 Å². The lowest BCUT2D eigenvalue weighted by atomic mass is 10.1. The van der Waals surface area contributed by atoms with Gasteiger partial charge >= 0.3 is 0 Å². The number of carbonyl (C=O) groups excluding carboxylic acids is 1. The molecule has 4 nitrogen and oxygen atoms in total. The molecular weight excluding hydrogens is 286 g/mol. The quantitative estimate of drug-likeness (QED) is 0.848. The number of hydrogen-bond donors (Lipinski definition) is 0. The summed E-state index contributed by atoms with van der Waals surface area (Å²) in [6.45, 7) is 4.65. The van der Waals surface area contributed by atoms with Crippen molar-refractivity contribution in [1.29, 1.82) is 0 Å². The summed E-state index contributed by atoms with van der Waals surface area (Å²) in [5.74, 6) is 0.209. The van der Waals surface area contributed by atoms with Crippen molar-refractivity contribution in [3.63, 3.8) is 0 Å². The largest absolute Gasteiger partial charge is 0.340 e. The Bertz CT molecular complexity index is 607. The predicted molar refractivity (Wildman–Crippen MR) is 91.1 cm³/mol. The smallest absolute Gasteiger partial charge is 0.227 e. The minimum absolute atomic E-state index is 0.209. The highest BCUT2D eigenvalue weighted by molar-refractivity contribution is 5.78. The summed E-state index contributed by atoms with van der Waals surface area (Å²) in [7, 11) is 0. The first kappa shape index (κ1) is 15.7. The van der Waals surface area contributed by atoms with Crippen LogP contribution in [0, 0.1) is 0 Å². The van der Waals surface area contributed by atoms with Crippen LogP contribution in [-0.4, -0.2) is 53.4 Å². The van der Waals surface area contributed by atoms with Gasteiger partial charge in [0.1, 0.15) is 0 Å². The monoisotopic (exact) mass is 309 g/mol. The number of rotatable bonds is 5.